The molecule has 292 valence electrons. The molecule has 0 aliphatic heterocycles. The minimum absolute atomic E-state index is 0.142. The smallest absolute Gasteiger partial charge is 0.323 e. The fourth-order valence-corrected chi connectivity index (χ4v) is 9.36. The molecule has 17 nitrogen and oxygen atoms in total. The number of benzene rings is 6. The molecule has 0 aliphatic carbocycles. The van der Waals surface area contributed by atoms with Gasteiger partial charge in [0.25, 0.3) is 40.3 Å². The predicted octanol–water partition coefficient (Wildman–Crippen LogP) is 5.76. The molecule has 0 spiro atoms. The third-order valence-corrected chi connectivity index (χ3v) is 12.9. The molecular formula is C35H30N4O13S4. The summed E-state index contributed by atoms with van der Waals surface area (Å²) in [7, 11) is -18.9. The second-order valence-corrected chi connectivity index (χ2v) is 18.5. The highest BCUT2D eigenvalue weighted by molar-refractivity contribution is 7.93. The summed E-state index contributed by atoms with van der Waals surface area (Å²) >= 11 is 0. The van der Waals surface area contributed by atoms with Gasteiger partial charge in [0, 0.05) is 22.1 Å². The number of anilines is 4. The van der Waals surface area contributed by atoms with E-state index in [-0.39, 0.29) is 53.8 Å². The fraction of sp³-hybridized carbons (Fsp3) is 0.0571. The Labute approximate surface area is 320 Å². The maximum Gasteiger partial charge on any atom is 0.323 e. The molecule has 0 saturated heterocycles. The molecule has 21 heteroatoms. The van der Waals surface area contributed by atoms with E-state index in [9.17, 15) is 57.8 Å². The summed E-state index contributed by atoms with van der Waals surface area (Å²) in [6, 6.07) is 20.4. The summed E-state index contributed by atoms with van der Waals surface area (Å²) in [4.78, 5) is 10.5. The van der Waals surface area contributed by atoms with Gasteiger partial charge in [-0.1, -0.05) is 48.5 Å². The molecule has 0 saturated carbocycles. The molecule has 8 N–H and O–H groups in total. The van der Waals surface area contributed by atoms with E-state index in [1.807, 2.05) is 0 Å². The highest BCUT2D eigenvalue weighted by Crippen LogP contribution is 2.41. The van der Waals surface area contributed by atoms with Crippen LogP contribution >= 0.6 is 0 Å². The van der Waals surface area contributed by atoms with Crippen LogP contribution in [0.25, 0.3) is 21.5 Å². The van der Waals surface area contributed by atoms with Crippen LogP contribution in [0.3, 0.4) is 0 Å². The number of hydrogen-bond donors (Lipinski definition) is 8. The van der Waals surface area contributed by atoms with Crippen LogP contribution in [0.1, 0.15) is 11.1 Å². The number of carbonyl (C=O) groups excluding carboxylic acids is 1. The molecule has 0 atom stereocenters. The van der Waals surface area contributed by atoms with E-state index in [0.29, 0.717) is 0 Å². The van der Waals surface area contributed by atoms with Crippen molar-refractivity contribution < 1.29 is 57.8 Å². The van der Waals surface area contributed by atoms with Gasteiger partial charge in [-0.25, -0.2) is 21.6 Å². The number of rotatable bonds is 10. The summed E-state index contributed by atoms with van der Waals surface area (Å²) in [5, 5.41) is 27.2. The van der Waals surface area contributed by atoms with Crippen LogP contribution in [0.5, 0.6) is 11.5 Å². The number of hydrogen-bond acceptors (Lipinski definition) is 11. The lowest BCUT2D eigenvalue weighted by Gasteiger charge is -2.17. The van der Waals surface area contributed by atoms with Gasteiger partial charge in [0.1, 0.15) is 9.79 Å². The van der Waals surface area contributed by atoms with Crippen LogP contribution in [0.4, 0.5) is 27.5 Å². The largest absolute Gasteiger partial charge is 0.504 e. The SMILES string of the molecule is Cc1cc(S(=O)(=O)Nc2c(O)c(S(=O)(=O)O)cc3ccccc23)ccc1NC(=O)Nc1ccc(S(=O)(=O)Nc2c(O)c(S(=O)(=O)O)cc3ccccc23)cc1C. The van der Waals surface area contributed by atoms with Gasteiger partial charge >= 0.3 is 6.03 Å². The summed E-state index contributed by atoms with van der Waals surface area (Å²) in [6.07, 6.45) is 0. The number of amides is 2. The molecule has 2 amide bonds. The topological polar surface area (TPSA) is 283 Å². The number of fused-ring (bicyclic) bond motifs is 2. The average molecular weight is 843 g/mol. The van der Waals surface area contributed by atoms with Crippen molar-refractivity contribution >= 4 is 90.6 Å². The highest BCUT2D eigenvalue weighted by atomic mass is 32.2. The van der Waals surface area contributed by atoms with Crippen LogP contribution in [0.2, 0.25) is 0 Å². The Bertz CT molecular complexity index is 2880. The molecule has 6 rings (SSSR count). The lowest BCUT2D eigenvalue weighted by atomic mass is 10.1. The zero-order valence-corrected chi connectivity index (χ0v) is 32.1. The first kappa shape index (κ1) is 39.7. The van der Waals surface area contributed by atoms with E-state index in [1.54, 1.807) is 12.1 Å². The number of sulfonamides is 2. The van der Waals surface area contributed by atoms with E-state index in [1.165, 1.54) is 74.5 Å². The molecule has 56 heavy (non-hydrogen) atoms. The molecule has 0 heterocycles. The Morgan fingerprint density at radius 1 is 0.518 bits per heavy atom. The number of aryl methyl sites for hydroxylation is 2. The maximum absolute atomic E-state index is 13.4. The predicted molar refractivity (Wildman–Crippen MR) is 207 cm³/mol. The van der Waals surface area contributed by atoms with Crippen molar-refractivity contribution in [2.24, 2.45) is 0 Å². The summed E-state index contributed by atoms with van der Waals surface area (Å²) < 4.78 is 125. The van der Waals surface area contributed by atoms with E-state index in [2.05, 4.69) is 20.1 Å². The monoisotopic (exact) mass is 842 g/mol. The second kappa shape index (κ2) is 14.3. The molecule has 6 aromatic carbocycles. The zero-order valence-electron chi connectivity index (χ0n) is 28.8. The summed E-state index contributed by atoms with van der Waals surface area (Å²) in [5.41, 5.74) is -0.105. The van der Waals surface area contributed by atoms with Gasteiger partial charge in [-0.2, -0.15) is 16.8 Å². The third-order valence-electron chi connectivity index (χ3n) is 8.52. The molecule has 0 fully saturated rings. The van der Waals surface area contributed by atoms with Gasteiger partial charge in [0.2, 0.25) is 0 Å². The van der Waals surface area contributed by atoms with E-state index >= 15 is 0 Å². The molecule has 0 radical (unpaired) electrons. The van der Waals surface area contributed by atoms with Crippen molar-refractivity contribution in [1.29, 1.82) is 0 Å². The lowest BCUT2D eigenvalue weighted by molar-refractivity contribution is 0.262. The van der Waals surface area contributed by atoms with E-state index in [4.69, 9.17) is 0 Å². The van der Waals surface area contributed by atoms with Crippen LogP contribution < -0.4 is 20.1 Å². The first-order chi connectivity index (χ1) is 26.1. The van der Waals surface area contributed by atoms with Crippen molar-refractivity contribution in [3.63, 3.8) is 0 Å². The standard InChI is InChI=1S/C35H30N4O13S4/c1-19-15-23(53(43,44)38-31-25-9-5-3-7-21(25)17-29(33(31)40)55(47,48)49)11-13-27(19)36-35(42)37-28-14-12-24(16-20(28)2)54(45,46)39-32-26-10-6-4-8-22(26)18-30(34(32)41)56(50,51)52/h3-18,38-41H,1-2H3,(H2,36,37,42)(H,47,48,49)(H,50,51,52). The maximum atomic E-state index is 13.4. The minimum Gasteiger partial charge on any atom is -0.504 e. The summed E-state index contributed by atoms with van der Waals surface area (Å²) in [6.45, 7) is 2.98. The first-order valence-electron chi connectivity index (χ1n) is 15.9. The van der Waals surface area contributed by atoms with E-state index < -0.39 is 79.0 Å². The van der Waals surface area contributed by atoms with Gasteiger partial charge in [0.15, 0.2) is 11.5 Å². The van der Waals surface area contributed by atoms with Gasteiger partial charge in [-0.05, 0) is 84.3 Å². The molecule has 0 aromatic heterocycles. The van der Waals surface area contributed by atoms with Crippen molar-refractivity contribution in [2.45, 2.75) is 33.4 Å². The Balaban J connectivity index is 1.20. The quantitative estimate of drug-likeness (QED) is 0.0602. The van der Waals surface area contributed by atoms with Crippen molar-refractivity contribution in [2.75, 3.05) is 20.1 Å². The van der Waals surface area contributed by atoms with E-state index in [0.717, 1.165) is 24.3 Å². The van der Waals surface area contributed by atoms with Crippen LogP contribution in [-0.4, -0.2) is 59.0 Å². The fourth-order valence-electron chi connectivity index (χ4n) is 5.77. The molecule has 6 aromatic rings. The number of nitrogens with one attached hydrogen (secondary N) is 4. The molecular weight excluding hydrogens is 813 g/mol. The second-order valence-electron chi connectivity index (χ2n) is 12.3. The Morgan fingerprint density at radius 3 is 1.21 bits per heavy atom. The van der Waals surface area contributed by atoms with Crippen LogP contribution in [-0.2, 0) is 40.3 Å². The van der Waals surface area contributed by atoms with Gasteiger partial charge in [-0.15, -0.1) is 0 Å². The number of urea groups is 1. The Morgan fingerprint density at radius 2 is 0.875 bits per heavy atom. The average Bonchev–Trinajstić information content (AvgIpc) is 3.11. The minimum atomic E-state index is -4.94. The van der Waals surface area contributed by atoms with Crippen molar-refractivity contribution in [1.82, 2.24) is 0 Å². The number of phenols is 2. The zero-order chi connectivity index (χ0) is 41.0. The number of aromatic hydroxyl groups is 2. The van der Waals surface area contributed by atoms with Crippen molar-refractivity contribution in [3.05, 3.63) is 108 Å². The van der Waals surface area contributed by atoms with Gasteiger partial charge in [0.05, 0.1) is 21.2 Å². The number of carbonyl (C=O) groups is 1. The van der Waals surface area contributed by atoms with Crippen LogP contribution in [0.15, 0.2) is 117 Å². The third kappa shape index (κ3) is 7.89. The normalized spacial score (nSPS) is 12.4. The Kier molecular flexibility index (Phi) is 10.1. The molecule has 0 aliphatic rings. The van der Waals surface area contributed by atoms with Gasteiger partial charge < -0.3 is 20.8 Å². The van der Waals surface area contributed by atoms with Crippen LogP contribution in [0, 0.1) is 13.8 Å². The number of phenolic OH excluding ortho intramolecular Hbond substituents is 2. The lowest BCUT2D eigenvalue weighted by Crippen LogP contribution is -2.21. The molecule has 0 bridgehead atoms. The molecule has 0 unspecified atom stereocenters. The Hall–Kier alpha value is -5.97. The highest BCUT2D eigenvalue weighted by Gasteiger charge is 2.27. The first-order valence-corrected chi connectivity index (χ1v) is 21.7. The van der Waals surface area contributed by atoms with Gasteiger partial charge in [-0.3, -0.25) is 18.5 Å². The summed E-state index contributed by atoms with van der Waals surface area (Å²) in [5.74, 6) is -2.03. The van der Waals surface area contributed by atoms with Crippen molar-refractivity contribution in [3.8, 4) is 11.5 Å².